The number of ether oxygens (including phenoxy) is 1. The number of rotatable bonds is 3. The van der Waals surface area contributed by atoms with Crippen LogP contribution in [0.1, 0.15) is 10.4 Å². The molecule has 5 nitrogen and oxygen atoms in total. The van der Waals surface area contributed by atoms with Crippen molar-refractivity contribution in [2.75, 3.05) is 11.5 Å². The van der Waals surface area contributed by atoms with Gasteiger partial charge in [-0.05, 0) is 24.3 Å². The van der Waals surface area contributed by atoms with E-state index in [0.717, 1.165) is 0 Å². The zero-order valence-electron chi connectivity index (χ0n) is 9.59. The number of benzene rings is 2. The molecule has 2 aromatic carbocycles. The summed E-state index contributed by atoms with van der Waals surface area (Å²) in [6.07, 6.45) is 0. The van der Waals surface area contributed by atoms with Crippen molar-refractivity contribution in [1.29, 1.82) is 0 Å². The number of nitrogen functional groups attached to an aromatic ring is 2. The summed E-state index contributed by atoms with van der Waals surface area (Å²) in [6.45, 7) is 0. The van der Waals surface area contributed by atoms with Crippen LogP contribution in [0, 0.1) is 0 Å². The quantitative estimate of drug-likeness (QED) is 0.714. The molecule has 0 heterocycles. The van der Waals surface area contributed by atoms with Crippen LogP contribution in [-0.4, -0.2) is 5.91 Å². The van der Waals surface area contributed by atoms with E-state index < -0.39 is 5.91 Å². The molecule has 0 saturated heterocycles. The highest BCUT2D eigenvalue weighted by Gasteiger charge is 2.11. The molecule has 6 N–H and O–H groups in total. The number of carbonyl (C=O) groups is 1. The molecule has 0 aliphatic carbocycles. The minimum absolute atomic E-state index is 0.255. The monoisotopic (exact) mass is 243 g/mol. The molecule has 0 spiro atoms. The zero-order chi connectivity index (χ0) is 13.1. The number of hydrogen-bond acceptors (Lipinski definition) is 4. The molecule has 2 aromatic rings. The number of carbonyl (C=O) groups excluding carboxylic acids is 1. The molecule has 92 valence electrons. The summed E-state index contributed by atoms with van der Waals surface area (Å²) in [5.41, 5.74) is 17.6. The molecule has 1 amide bonds. The second-order valence-electron chi connectivity index (χ2n) is 3.76. The lowest BCUT2D eigenvalue weighted by atomic mass is 10.1. The summed E-state index contributed by atoms with van der Waals surface area (Å²) in [5, 5.41) is 0. The number of anilines is 2. The van der Waals surface area contributed by atoms with E-state index in [0.29, 0.717) is 11.5 Å². The third-order valence-corrected chi connectivity index (χ3v) is 2.39. The lowest BCUT2D eigenvalue weighted by Crippen LogP contribution is -2.12. The van der Waals surface area contributed by atoms with Crippen molar-refractivity contribution >= 4 is 17.3 Å². The fourth-order valence-corrected chi connectivity index (χ4v) is 1.54. The Hall–Kier alpha value is -2.69. The summed E-state index contributed by atoms with van der Waals surface area (Å²) in [5.74, 6) is 0.355. The van der Waals surface area contributed by atoms with Crippen LogP contribution >= 0.6 is 0 Å². The van der Waals surface area contributed by atoms with Crippen LogP contribution in [0.25, 0.3) is 0 Å². The highest BCUT2D eigenvalue weighted by molar-refractivity contribution is 5.96. The number of para-hydroxylation sites is 1. The maximum Gasteiger partial charge on any atom is 0.248 e. The highest BCUT2D eigenvalue weighted by atomic mass is 16.5. The van der Waals surface area contributed by atoms with Gasteiger partial charge in [-0.1, -0.05) is 18.2 Å². The third kappa shape index (κ3) is 2.35. The molecule has 0 atom stereocenters. The molecule has 0 fully saturated rings. The first kappa shape index (κ1) is 11.8. The largest absolute Gasteiger partial charge is 0.453 e. The predicted octanol–water partition coefficient (Wildman–Crippen LogP) is 1.74. The van der Waals surface area contributed by atoms with Gasteiger partial charge in [-0.2, -0.15) is 0 Å². The van der Waals surface area contributed by atoms with Crippen LogP contribution < -0.4 is 21.9 Å². The molecular weight excluding hydrogens is 230 g/mol. The maximum atomic E-state index is 11.0. The van der Waals surface area contributed by atoms with Gasteiger partial charge in [0, 0.05) is 5.56 Å². The number of primary amides is 1. The summed E-state index contributed by atoms with van der Waals surface area (Å²) >= 11 is 0. The molecule has 0 radical (unpaired) electrons. The lowest BCUT2D eigenvalue weighted by Gasteiger charge is -2.12. The molecule has 5 heteroatoms. The molecule has 2 rings (SSSR count). The summed E-state index contributed by atoms with van der Waals surface area (Å²) in [4.78, 5) is 11.0. The van der Waals surface area contributed by atoms with Gasteiger partial charge >= 0.3 is 0 Å². The molecule has 0 saturated carbocycles. The molecule has 0 bridgehead atoms. The average Bonchev–Trinajstić information content (AvgIpc) is 2.34. The summed E-state index contributed by atoms with van der Waals surface area (Å²) in [7, 11) is 0. The highest BCUT2D eigenvalue weighted by Crippen LogP contribution is 2.34. The minimum atomic E-state index is -0.584. The first-order chi connectivity index (χ1) is 8.58. The smallest absolute Gasteiger partial charge is 0.248 e. The van der Waals surface area contributed by atoms with Crippen LogP contribution in [0.2, 0.25) is 0 Å². The van der Waals surface area contributed by atoms with Crippen LogP contribution in [0.3, 0.4) is 0 Å². The van der Waals surface area contributed by atoms with Crippen molar-refractivity contribution in [2.45, 2.75) is 0 Å². The van der Waals surface area contributed by atoms with E-state index in [1.165, 1.54) is 12.1 Å². The topological polar surface area (TPSA) is 104 Å². The molecule has 0 aliphatic heterocycles. The van der Waals surface area contributed by atoms with E-state index in [-0.39, 0.29) is 16.9 Å². The van der Waals surface area contributed by atoms with Gasteiger partial charge in [0.15, 0.2) is 5.75 Å². The van der Waals surface area contributed by atoms with Crippen LogP contribution in [0.4, 0.5) is 11.4 Å². The number of amides is 1. The molecule has 0 aromatic heterocycles. The summed E-state index contributed by atoms with van der Waals surface area (Å²) in [6, 6.07) is 12.0. The van der Waals surface area contributed by atoms with E-state index in [2.05, 4.69) is 0 Å². The van der Waals surface area contributed by atoms with Gasteiger partial charge < -0.3 is 21.9 Å². The third-order valence-electron chi connectivity index (χ3n) is 2.39. The van der Waals surface area contributed by atoms with Gasteiger partial charge in [0.1, 0.15) is 5.75 Å². The van der Waals surface area contributed by atoms with Gasteiger partial charge in [-0.15, -0.1) is 0 Å². The molecule has 0 unspecified atom stereocenters. The van der Waals surface area contributed by atoms with Crippen molar-refractivity contribution in [3.8, 4) is 11.5 Å². The Labute approximate surface area is 104 Å². The standard InChI is InChI=1S/C13H13N3O2/c14-10-6-8(13(16)17)7-11(15)12(10)18-9-4-2-1-3-5-9/h1-7H,14-15H2,(H2,16,17). The Bertz CT molecular complexity index is 559. The zero-order valence-corrected chi connectivity index (χ0v) is 9.59. The second-order valence-corrected chi connectivity index (χ2v) is 3.76. The van der Waals surface area contributed by atoms with Crippen molar-refractivity contribution in [2.24, 2.45) is 5.73 Å². The fourth-order valence-electron chi connectivity index (χ4n) is 1.54. The van der Waals surface area contributed by atoms with E-state index in [9.17, 15) is 4.79 Å². The van der Waals surface area contributed by atoms with E-state index in [4.69, 9.17) is 21.9 Å². The average molecular weight is 243 g/mol. The first-order valence-corrected chi connectivity index (χ1v) is 5.29. The first-order valence-electron chi connectivity index (χ1n) is 5.29. The van der Waals surface area contributed by atoms with Gasteiger partial charge in [0.25, 0.3) is 0 Å². The van der Waals surface area contributed by atoms with Gasteiger partial charge in [-0.3, -0.25) is 4.79 Å². The van der Waals surface area contributed by atoms with Crippen LogP contribution in [0.15, 0.2) is 42.5 Å². The molecular formula is C13H13N3O2. The van der Waals surface area contributed by atoms with E-state index in [1.54, 1.807) is 12.1 Å². The van der Waals surface area contributed by atoms with Crippen molar-refractivity contribution in [3.63, 3.8) is 0 Å². The Morgan fingerprint density at radius 2 is 1.56 bits per heavy atom. The van der Waals surface area contributed by atoms with Crippen LogP contribution in [-0.2, 0) is 0 Å². The summed E-state index contributed by atoms with van der Waals surface area (Å²) < 4.78 is 5.57. The second kappa shape index (κ2) is 4.67. The SMILES string of the molecule is NC(=O)c1cc(N)c(Oc2ccccc2)c(N)c1. The lowest BCUT2D eigenvalue weighted by molar-refractivity contribution is 0.100. The number of nitrogens with two attached hydrogens (primary N) is 3. The van der Waals surface area contributed by atoms with Crippen LogP contribution in [0.5, 0.6) is 11.5 Å². The Kier molecular flexibility index (Phi) is 3.05. The van der Waals surface area contributed by atoms with Crippen molar-refractivity contribution < 1.29 is 9.53 Å². The van der Waals surface area contributed by atoms with Gasteiger partial charge in [0.05, 0.1) is 11.4 Å². The van der Waals surface area contributed by atoms with Gasteiger partial charge in [-0.25, -0.2) is 0 Å². The fraction of sp³-hybridized carbons (Fsp3) is 0. The minimum Gasteiger partial charge on any atom is -0.453 e. The Morgan fingerprint density at radius 3 is 2.06 bits per heavy atom. The predicted molar refractivity (Wildman–Crippen MR) is 70.3 cm³/mol. The van der Waals surface area contributed by atoms with Crippen molar-refractivity contribution in [3.05, 3.63) is 48.0 Å². The van der Waals surface area contributed by atoms with E-state index >= 15 is 0 Å². The Balaban J connectivity index is 2.37. The van der Waals surface area contributed by atoms with E-state index in [1.807, 2.05) is 18.2 Å². The van der Waals surface area contributed by atoms with Crippen molar-refractivity contribution in [1.82, 2.24) is 0 Å². The maximum absolute atomic E-state index is 11.0. The molecule has 18 heavy (non-hydrogen) atoms. The number of hydrogen-bond donors (Lipinski definition) is 3. The molecule has 0 aliphatic rings. The normalized spacial score (nSPS) is 10.0. The van der Waals surface area contributed by atoms with Gasteiger partial charge in [0.2, 0.25) is 5.91 Å². The Morgan fingerprint density at radius 1 is 1.00 bits per heavy atom.